The van der Waals surface area contributed by atoms with Gasteiger partial charge < -0.3 is 14.9 Å². The maximum Gasteiger partial charge on any atom is 0.312 e. The summed E-state index contributed by atoms with van der Waals surface area (Å²) < 4.78 is 0. The van der Waals surface area contributed by atoms with E-state index in [4.69, 9.17) is 0 Å². The molecule has 4 heteroatoms. The minimum absolute atomic E-state index is 0.442. The van der Waals surface area contributed by atoms with Gasteiger partial charge in [0, 0.05) is 13.1 Å². The van der Waals surface area contributed by atoms with E-state index in [1.165, 1.54) is 12.8 Å². The average molecular weight is 290 g/mol. The van der Waals surface area contributed by atoms with Crippen molar-refractivity contribution in [3.8, 4) is 0 Å². The van der Waals surface area contributed by atoms with Crippen LogP contribution in [0.5, 0.6) is 0 Å². The summed E-state index contributed by atoms with van der Waals surface area (Å²) in [5.74, 6) is -0.490. The summed E-state index contributed by atoms with van der Waals surface area (Å²) in [6.07, 6.45) is 2.42. The molecule has 4 nitrogen and oxygen atoms in total. The fraction of sp³-hybridized carbons (Fsp3) is 0.588. The predicted molar refractivity (Wildman–Crippen MR) is 84.5 cm³/mol. The highest BCUT2D eigenvalue weighted by Crippen LogP contribution is 2.20. The third-order valence-electron chi connectivity index (χ3n) is 4.40. The Morgan fingerprint density at radius 1 is 1.33 bits per heavy atom. The Labute approximate surface area is 127 Å². The van der Waals surface area contributed by atoms with Crippen molar-refractivity contribution in [3.63, 3.8) is 0 Å². The van der Waals surface area contributed by atoms with Crippen LogP contribution < -0.4 is 0 Å². The summed E-state index contributed by atoms with van der Waals surface area (Å²) >= 11 is 0. The zero-order chi connectivity index (χ0) is 15.2. The molecule has 1 heterocycles. The normalized spacial score (nSPS) is 18.8. The van der Waals surface area contributed by atoms with E-state index in [1.807, 2.05) is 37.4 Å². The third kappa shape index (κ3) is 4.83. The summed E-state index contributed by atoms with van der Waals surface area (Å²) in [5, 5.41) is 9.48. The molecular weight excluding hydrogens is 264 g/mol. The maximum absolute atomic E-state index is 11.5. The molecule has 1 aliphatic rings. The van der Waals surface area contributed by atoms with Crippen LogP contribution in [0.2, 0.25) is 0 Å². The maximum atomic E-state index is 11.5. The largest absolute Gasteiger partial charge is 0.481 e. The molecule has 1 unspecified atom stereocenters. The van der Waals surface area contributed by atoms with E-state index in [0.29, 0.717) is 12.5 Å². The number of hydrogen-bond donors (Lipinski definition) is 1. The smallest absolute Gasteiger partial charge is 0.312 e. The average Bonchev–Trinajstić information content (AvgIpc) is 2.48. The summed E-state index contributed by atoms with van der Waals surface area (Å²) in [7, 11) is 4.20. The fourth-order valence-electron chi connectivity index (χ4n) is 3.08. The number of carboxylic acid groups (broad SMARTS) is 1. The van der Waals surface area contributed by atoms with Gasteiger partial charge in [-0.1, -0.05) is 30.3 Å². The first-order valence-corrected chi connectivity index (χ1v) is 7.71. The molecule has 1 aromatic carbocycles. The molecule has 0 radical (unpaired) electrons. The predicted octanol–water partition coefficient (Wildman–Crippen LogP) is 2.13. The summed E-state index contributed by atoms with van der Waals surface area (Å²) in [6, 6.07) is 9.54. The van der Waals surface area contributed by atoms with Gasteiger partial charge in [-0.05, 0) is 51.5 Å². The van der Waals surface area contributed by atoms with E-state index >= 15 is 0 Å². The Morgan fingerprint density at radius 2 is 1.95 bits per heavy atom. The van der Waals surface area contributed by atoms with Gasteiger partial charge >= 0.3 is 5.97 Å². The standard InChI is InChI=1S/C17H26N2O2/c1-18-10-8-14(9-11-18)12-19(2)13-16(17(20)21)15-6-4-3-5-7-15/h3-7,14,16H,8-13H2,1-2H3,(H,20,21). The van der Waals surface area contributed by atoms with Gasteiger partial charge in [-0.2, -0.15) is 0 Å². The number of rotatable bonds is 6. The van der Waals surface area contributed by atoms with Crippen molar-refractivity contribution in [2.45, 2.75) is 18.8 Å². The Bertz CT molecular complexity index is 441. The number of nitrogens with zero attached hydrogens (tertiary/aromatic N) is 2. The van der Waals surface area contributed by atoms with Crippen molar-refractivity contribution in [1.29, 1.82) is 0 Å². The molecular formula is C17H26N2O2. The molecule has 1 aliphatic heterocycles. The van der Waals surface area contributed by atoms with Crippen LogP contribution >= 0.6 is 0 Å². The van der Waals surface area contributed by atoms with Gasteiger partial charge in [-0.15, -0.1) is 0 Å². The van der Waals surface area contributed by atoms with Gasteiger partial charge in [0.25, 0.3) is 0 Å². The lowest BCUT2D eigenvalue weighted by atomic mass is 9.95. The number of piperidine rings is 1. The highest BCUT2D eigenvalue weighted by molar-refractivity contribution is 5.76. The number of carbonyl (C=O) groups is 1. The molecule has 0 amide bonds. The molecule has 1 fully saturated rings. The van der Waals surface area contributed by atoms with Gasteiger partial charge in [-0.25, -0.2) is 0 Å². The van der Waals surface area contributed by atoms with Gasteiger partial charge in [0.15, 0.2) is 0 Å². The SMILES string of the molecule is CN1CCC(CN(C)CC(C(=O)O)c2ccccc2)CC1. The monoisotopic (exact) mass is 290 g/mol. The van der Waals surface area contributed by atoms with Crippen LogP contribution in [0.15, 0.2) is 30.3 Å². The lowest BCUT2D eigenvalue weighted by Crippen LogP contribution is -2.37. The van der Waals surface area contributed by atoms with Crippen molar-refractivity contribution >= 4 is 5.97 Å². The van der Waals surface area contributed by atoms with Crippen molar-refractivity contribution < 1.29 is 9.90 Å². The van der Waals surface area contributed by atoms with Crippen molar-refractivity contribution in [2.75, 3.05) is 40.3 Å². The highest BCUT2D eigenvalue weighted by atomic mass is 16.4. The quantitative estimate of drug-likeness (QED) is 0.871. The molecule has 2 rings (SSSR count). The lowest BCUT2D eigenvalue weighted by Gasteiger charge is -2.32. The summed E-state index contributed by atoms with van der Waals surface area (Å²) in [5.41, 5.74) is 0.889. The zero-order valence-corrected chi connectivity index (χ0v) is 13.0. The van der Waals surface area contributed by atoms with Crippen molar-refractivity contribution in [2.24, 2.45) is 5.92 Å². The second-order valence-corrected chi connectivity index (χ2v) is 6.27. The van der Waals surface area contributed by atoms with Crippen LogP contribution in [0.4, 0.5) is 0 Å². The van der Waals surface area contributed by atoms with E-state index in [-0.39, 0.29) is 0 Å². The summed E-state index contributed by atoms with van der Waals surface area (Å²) in [6.45, 7) is 3.87. The number of likely N-dealkylation sites (tertiary alicyclic amines) is 1. The second-order valence-electron chi connectivity index (χ2n) is 6.27. The van der Waals surface area contributed by atoms with Crippen LogP contribution in [-0.4, -0.2) is 61.2 Å². The first-order chi connectivity index (χ1) is 10.1. The number of benzene rings is 1. The molecule has 1 N–H and O–H groups in total. The minimum atomic E-state index is -0.739. The Hall–Kier alpha value is -1.39. The molecule has 1 atom stereocenters. The van der Waals surface area contributed by atoms with Crippen molar-refractivity contribution in [1.82, 2.24) is 9.80 Å². The van der Waals surface area contributed by atoms with E-state index in [1.54, 1.807) is 0 Å². The fourth-order valence-corrected chi connectivity index (χ4v) is 3.08. The molecule has 0 aromatic heterocycles. The van der Waals surface area contributed by atoms with Crippen LogP contribution in [0.25, 0.3) is 0 Å². The van der Waals surface area contributed by atoms with Gasteiger partial charge in [-0.3, -0.25) is 4.79 Å². The van der Waals surface area contributed by atoms with E-state index in [0.717, 1.165) is 25.2 Å². The first kappa shape index (κ1) is 16.0. The number of likely N-dealkylation sites (N-methyl/N-ethyl adjacent to an activating group) is 1. The molecule has 0 aliphatic carbocycles. The summed E-state index contributed by atoms with van der Waals surface area (Å²) in [4.78, 5) is 16.1. The van der Waals surface area contributed by atoms with E-state index < -0.39 is 11.9 Å². The van der Waals surface area contributed by atoms with Crippen LogP contribution in [0.3, 0.4) is 0 Å². The van der Waals surface area contributed by atoms with Crippen LogP contribution in [0.1, 0.15) is 24.3 Å². The molecule has 1 aromatic rings. The Morgan fingerprint density at radius 3 is 2.52 bits per heavy atom. The molecule has 0 spiro atoms. The Kier molecular flexibility index (Phi) is 5.76. The highest BCUT2D eigenvalue weighted by Gasteiger charge is 2.24. The van der Waals surface area contributed by atoms with Crippen molar-refractivity contribution in [3.05, 3.63) is 35.9 Å². The second kappa shape index (κ2) is 7.57. The molecule has 1 saturated heterocycles. The van der Waals surface area contributed by atoms with Crippen LogP contribution in [0, 0.1) is 5.92 Å². The molecule has 0 saturated carbocycles. The van der Waals surface area contributed by atoms with Gasteiger partial charge in [0.05, 0.1) is 5.92 Å². The molecule has 0 bridgehead atoms. The van der Waals surface area contributed by atoms with Gasteiger partial charge in [0.2, 0.25) is 0 Å². The first-order valence-electron chi connectivity index (χ1n) is 7.71. The van der Waals surface area contributed by atoms with Gasteiger partial charge in [0.1, 0.15) is 0 Å². The number of aliphatic carboxylic acids is 1. The number of hydrogen-bond acceptors (Lipinski definition) is 3. The van der Waals surface area contributed by atoms with Crippen LogP contribution in [-0.2, 0) is 4.79 Å². The Balaban J connectivity index is 1.90. The topological polar surface area (TPSA) is 43.8 Å². The van der Waals surface area contributed by atoms with E-state index in [9.17, 15) is 9.90 Å². The lowest BCUT2D eigenvalue weighted by molar-refractivity contribution is -0.139. The van der Waals surface area contributed by atoms with E-state index in [2.05, 4.69) is 16.8 Å². The molecule has 116 valence electrons. The third-order valence-corrected chi connectivity index (χ3v) is 4.40. The minimum Gasteiger partial charge on any atom is -0.481 e. The molecule has 21 heavy (non-hydrogen) atoms. The number of carboxylic acids is 1. The zero-order valence-electron chi connectivity index (χ0n) is 13.0.